The zero-order valence-electron chi connectivity index (χ0n) is 10.3. The van der Waals surface area contributed by atoms with Gasteiger partial charge in [-0.15, -0.1) is 0 Å². The Morgan fingerprint density at radius 1 is 1.28 bits per heavy atom. The molecule has 96 valence electrons. The van der Waals surface area contributed by atoms with Crippen molar-refractivity contribution in [3.8, 4) is 5.75 Å². The van der Waals surface area contributed by atoms with E-state index in [4.69, 9.17) is 4.74 Å². The van der Waals surface area contributed by atoms with Crippen LogP contribution in [0.15, 0.2) is 27.3 Å². The van der Waals surface area contributed by atoms with Gasteiger partial charge >= 0.3 is 0 Å². The molecule has 2 rings (SSSR count). The van der Waals surface area contributed by atoms with E-state index >= 15 is 0 Å². The molecule has 2 aromatic rings. The largest absolute Gasteiger partial charge is 0.495 e. The van der Waals surface area contributed by atoms with Crippen molar-refractivity contribution in [1.29, 1.82) is 0 Å². The van der Waals surface area contributed by atoms with Gasteiger partial charge in [-0.1, -0.05) is 0 Å². The van der Waals surface area contributed by atoms with Crippen molar-refractivity contribution >= 4 is 43.5 Å². The van der Waals surface area contributed by atoms with Gasteiger partial charge in [-0.2, -0.15) is 0 Å². The van der Waals surface area contributed by atoms with E-state index < -0.39 is 0 Å². The van der Waals surface area contributed by atoms with Gasteiger partial charge in [-0.05, 0) is 44.8 Å². The second-order valence-corrected chi connectivity index (χ2v) is 5.62. The van der Waals surface area contributed by atoms with Crippen LogP contribution in [0.1, 0.15) is 5.69 Å². The van der Waals surface area contributed by atoms with E-state index in [0.29, 0.717) is 0 Å². The number of methoxy groups -OCH3 is 1. The highest BCUT2D eigenvalue weighted by molar-refractivity contribution is 9.11. The standard InChI is InChI=1S/C12H13Br2N3O/c1-7-6-17(2)12(15-7)16-10-5-11(18-3)9(14)4-8(10)13/h4-6H,1-3H3,(H,15,16). The molecule has 0 fully saturated rings. The SMILES string of the molecule is COc1cc(Nc2nc(C)cn2C)c(Br)cc1Br. The Hall–Kier alpha value is -1.01. The van der Waals surface area contributed by atoms with Crippen molar-refractivity contribution in [3.05, 3.63) is 33.0 Å². The van der Waals surface area contributed by atoms with Crippen molar-refractivity contribution in [3.63, 3.8) is 0 Å². The maximum atomic E-state index is 5.28. The van der Waals surface area contributed by atoms with E-state index in [0.717, 1.165) is 32.0 Å². The van der Waals surface area contributed by atoms with Crippen LogP contribution in [0.2, 0.25) is 0 Å². The summed E-state index contributed by atoms with van der Waals surface area (Å²) in [5, 5.41) is 3.27. The molecule has 0 saturated heterocycles. The quantitative estimate of drug-likeness (QED) is 0.882. The Labute approximate surface area is 123 Å². The minimum atomic E-state index is 0.770. The average Bonchev–Trinajstić information content (AvgIpc) is 2.61. The van der Waals surface area contributed by atoms with Crippen molar-refractivity contribution in [2.75, 3.05) is 12.4 Å². The van der Waals surface area contributed by atoms with Crippen LogP contribution in [0.4, 0.5) is 11.6 Å². The molecule has 0 atom stereocenters. The number of nitrogens with zero attached hydrogens (tertiary/aromatic N) is 2. The van der Waals surface area contributed by atoms with Crippen LogP contribution < -0.4 is 10.1 Å². The van der Waals surface area contributed by atoms with E-state index in [1.807, 2.05) is 36.9 Å². The number of hydrogen-bond donors (Lipinski definition) is 1. The maximum Gasteiger partial charge on any atom is 0.207 e. The molecular formula is C12H13Br2N3O. The first-order chi connectivity index (χ1) is 8.51. The lowest BCUT2D eigenvalue weighted by atomic mass is 10.3. The second-order valence-electron chi connectivity index (χ2n) is 3.91. The fourth-order valence-electron chi connectivity index (χ4n) is 1.63. The molecule has 0 saturated carbocycles. The lowest BCUT2D eigenvalue weighted by Gasteiger charge is -2.11. The minimum Gasteiger partial charge on any atom is -0.495 e. The van der Waals surface area contributed by atoms with Gasteiger partial charge in [0.05, 0.1) is 23.0 Å². The molecule has 6 heteroatoms. The Morgan fingerprint density at radius 2 is 2.00 bits per heavy atom. The predicted octanol–water partition coefficient (Wildman–Crippen LogP) is 4.01. The molecule has 0 aliphatic carbocycles. The molecule has 0 radical (unpaired) electrons. The minimum absolute atomic E-state index is 0.770. The van der Waals surface area contributed by atoms with Gasteiger partial charge in [0.25, 0.3) is 0 Å². The normalized spacial score (nSPS) is 10.5. The number of anilines is 2. The monoisotopic (exact) mass is 373 g/mol. The number of hydrogen-bond acceptors (Lipinski definition) is 3. The molecule has 0 bridgehead atoms. The molecule has 0 spiro atoms. The first-order valence-corrected chi connectivity index (χ1v) is 6.90. The zero-order chi connectivity index (χ0) is 13.3. The lowest BCUT2D eigenvalue weighted by Crippen LogP contribution is -1.99. The van der Waals surface area contributed by atoms with Crippen LogP contribution in [-0.4, -0.2) is 16.7 Å². The smallest absolute Gasteiger partial charge is 0.207 e. The lowest BCUT2D eigenvalue weighted by molar-refractivity contribution is 0.412. The van der Waals surface area contributed by atoms with Crippen LogP contribution in [0.5, 0.6) is 5.75 Å². The number of imidazole rings is 1. The summed E-state index contributed by atoms with van der Waals surface area (Å²) < 4.78 is 9.06. The molecule has 0 aliphatic rings. The highest BCUT2D eigenvalue weighted by Crippen LogP contribution is 2.35. The third-order valence-electron chi connectivity index (χ3n) is 2.48. The zero-order valence-corrected chi connectivity index (χ0v) is 13.5. The number of aryl methyl sites for hydroxylation is 2. The Bertz CT molecular complexity index is 581. The number of ether oxygens (including phenoxy) is 1. The summed E-state index contributed by atoms with van der Waals surface area (Å²) in [4.78, 5) is 4.40. The van der Waals surface area contributed by atoms with Crippen molar-refractivity contribution in [1.82, 2.24) is 9.55 Å². The summed E-state index contributed by atoms with van der Waals surface area (Å²) in [6, 6.07) is 3.86. The summed E-state index contributed by atoms with van der Waals surface area (Å²) in [7, 11) is 3.59. The molecule has 18 heavy (non-hydrogen) atoms. The van der Waals surface area contributed by atoms with Crippen LogP contribution in [0, 0.1) is 6.92 Å². The van der Waals surface area contributed by atoms with Gasteiger partial charge in [-0.25, -0.2) is 4.98 Å². The van der Waals surface area contributed by atoms with E-state index in [1.165, 1.54) is 0 Å². The third-order valence-corrected chi connectivity index (χ3v) is 3.76. The molecule has 0 aliphatic heterocycles. The first kappa shape index (κ1) is 13.4. The molecule has 1 aromatic carbocycles. The molecule has 0 amide bonds. The molecule has 0 unspecified atom stereocenters. The summed E-state index contributed by atoms with van der Waals surface area (Å²) in [5.41, 5.74) is 1.88. The molecule has 1 heterocycles. The van der Waals surface area contributed by atoms with Crippen molar-refractivity contribution < 1.29 is 4.74 Å². The molecule has 1 aromatic heterocycles. The highest BCUT2D eigenvalue weighted by atomic mass is 79.9. The van der Waals surface area contributed by atoms with E-state index in [1.54, 1.807) is 7.11 Å². The number of aromatic nitrogens is 2. The van der Waals surface area contributed by atoms with E-state index in [2.05, 4.69) is 42.2 Å². The fourth-order valence-corrected chi connectivity index (χ4v) is 2.89. The second kappa shape index (κ2) is 5.32. The number of halogens is 2. The maximum absolute atomic E-state index is 5.28. The van der Waals surface area contributed by atoms with E-state index in [-0.39, 0.29) is 0 Å². The van der Waals surface area contributed by atoms with Gasteiger partial charge < -0.3 is 14.6 Å². The van der Waals surface area contributed by atoms with Crippen LogP contribution >= 0.6 is 31.9 Å². The molecular weight excluding hydrogens is 362 g/mol. The number of nitrogens with one attached hydrogen (secondary N) is 1. The van der Waals surface area contributed by atoms with Gasteiger partial charge in [0, 0.05) is 23.8 Å². The van der Waals surface area contributed by atoms with Crippen LogP contribution in [0.3, 0.4) is 0 Å². The predicted molar refractivity (Wildman–Crippen MR) is 79.6 cm³/mol. The Kier molecular flexibility index (Phi) is 3.97. The Morgan fingerprint density at radius 3 is 2.56 bits per heavy atom. The van der Waals surface area contributed by atoms with E-state index in [9.17, 15) is 0 Å². The Balaban J connectivity index is 2.37. The summed E-state index contributed by atoms with van der Waals surface area (Å²) in [6.45, 7) is 1.96. The van der Waals surface area contributed by atoms with Crippen LogP contribution in [0.25, 0.3) is 0 Å². The first-order valence-electron chi connectivity index (χ1n) is 5.31. The topological polar surface area (TPSA) is 39.1 Å². The highest BCUT2D eigenvalue weighted by Gasteiger charge is 2.09. The summed E-state index contributed by atoms with van der Waals surface area (Å²) in [6.07, 6.45) is 1.96. The van der Waals surface area contributed by atoms with Crippen molar-refractivity contribution in [2.24, 2.45) is 7.05 Å². The molecule has 4 nitrogen and oxygen atoms in total. The summed E-state index contributed by atoms with van der Waals surface area (Å²) in [5.74, 6) is 1.56. The van der Waals surface area contributed by atoms with Gasteiger partial charge in [0.15, 0.2) is 0 Å². The van der Waals surface area contributed by atoms with Gasteiger partial charge in [-0.3, -0.25) is 0 Å². The average molecular weight is 375 g/mol. The molecule has 1 N–H and O–H groups in total. The fraction of sp³-hybridized carbons (Fsp3) is 0.250. The number of benzene rings is 1. The summed E-state index contributed by atoms with van der Waals surface area (Å²) >= 11 is 6.96. The number of rotatable bonds is 3. The third kappa shape index (κ3) is 2.70. The van der Waals surface area contributed by atoms with Crippen molar-refractivity contribution in [2.45, 2.75) is 6.92 Å². The van der Waals surface area contributed by atoms with Gasteiger partial charge in [0.2, 0.25) is 5.95 Å². The van der Waals surface area contributed by atoms with Crippen LogP contribution in [-0.2, 0) is 7.05 Å². The van der Waals surface area contributed by atoms with Gasteiger partial charge in [0.1, 0.15) is 5.75 Å².